The van der Waals surface area contributed by atoms with E-state index in [1.165, 1.54) is 23.5 Å². The molecule has 0 aromatic heterocycles. The molecule has 0 atom stereocenters. The van der Waals surface area contributed by atoms with Crippen LogP contribution in [0, 0.1) is 5.82 Å². The number of halogens is 2. The summed E-state index contributed by atoms with van der Waals surface area (Å²) in [5, 5.41) is 0. The van der Waals surface area contributed by atoms with Gasteiger partial charge in [-0.1, -0.05) is 30.3 Å². The molecule has 2 rings (SSSR count). The molecule has 0 saturated carbocycles. The summed E-state index contributed by atoms with van der Waals surface area (Å²) in [5.41, 5.74) is 1.06. The number of hydrogen-bond acceptors (Lipinski definition) is 2. The highest BCUT2D eigenvalue weighted by molar-refractivity contribution is 9.10. The van der Waals surface area contributed by atoms with Crippen LogP contribution in [-0.4, -0.2) is 26.3 Å². The van der Waals surface area contributed by atoms with Crippen molar-refractivity contribution in [2.75, 3.05) is 13.6 Å². The highest BCUT2D eigenvalue weighted by Crippen LogP contribution is 2.21. The van der Waals surface area contributed by atoms with Crippen LogP contribution in [0.3, 0.4) is 0 Å². The molecule has 0 aliphatic carbocycles. The maximum atomic E-state index is 13.5. The molecule has 2 aromatic rings. The monoisotopic (exact) mass is 371 g/mol. The number of benzene rings is 2. The lowest BCUT2D eigenvalue weighted by Crippen LogP contribution is -2.29. The van der Waals surface area contributed by atoms with E-state index in [-0.39, 0.29) is 9.37 Å². The van der Waals surface area contributed by atoms with Gasteiger partial charge in [-0.15, -0.1) is 0 Å². The average Bonchev–Trinajstić information content (AvgIpc) is 2.48. The number of likely N-dealkylation sites (N-methyl/N-ethyl adjacent to an activating group) is 1. The molecule has 21 heavy (non-hydrogen) atoms. The summed E-state index contributed by atoms with van der Waals surface area (Å²) in [6.45, 7) is 0.337. The van der Waals surface area contributed by atoms with Gasteiger partial charge in [0.1, 0.15) is 5.82 Å². The van der Waals surface area contributed by atoms with E-state index in [1.54, 1.807) is 0 Å². The molecule has 0 N–H and O–H groups in total. The van der Waals surface area contributed by atoms with Crippen LogP contribution in [0.2, 0.25) is 0 Å². The van der Waals surface area contributed by atoms with E-state index in [9.17, 15) is 12.8 Å². The van der Waals surface area contributed by atoms with Gasteiger partial charge in [-0.25, -0.2) is 17.1 Å². The van der Waals surface area contributed by atoms with E-state index in [0.717, 1.165) is 11.6 Å². The third kappa shape index (κ3) is 3.90. The zero-order valence-corrected chi connectivity index (χ0v) is 13.9. The van der Waals surface area contributed by atoms with Crippen molar-refractivity contribution in [1.82, 2.24) is 4.31 Å². The predicted octanol–water partition coefficient (Wildman–Crippen LogP) is 3.45. The molecule has 0 aliphatic rings. The van der Waals surface area contributed by atoms with E-state index in [1.807, 2.05) is 30.3 Å². The van der Waals surface area contributed by atoms with Gasteiger partial charge in [0.15, 0.2) is 0 Å². The maximum Gasteiger partial charge on any atom is 0.242 e. The first-order valence-electron chi connectivity index (χ1n) is 6.36. The SMILES string of the molecule is CN(CCc1ccccc1)S(=O)(=O)c1ccc(Br)c(F)c1. The molecule has 0 radical (unpaired) electrons. The van der Waals surface area contributed by atoms with Gasteiger partial charge in [0.25, 0.3) is 0 Å². The van der Waals surface area contributed by atoms with Crippen molar-refractivity contribution >= 4 is 26.0 Å². The maximum absolute atomic E-state index is 13.5. The van der Waals surface area contributed by atoms with Gasteiger partial charge in [-0.3, -0.25) is 0 Å². The highest BCUT2D eigenvalue weighted by atomic mass is 79.9. The lowest BCUT2D eigenvalue weighted by atomic mass is 10.2. The fourth-order valence-electron chi connectivity index (χ4n) is 1.87. The number of hydrogen-bond donors (Lipinski definition) is 0. The topological polar surface area (TPSA) is 37.4 Å². The Morgan fingerprint density at radius 2 is 1.81 bits per heavy atom. The standard InChI is InChI=1S/C15H15BrFNO2S/c1-18(10-9-12-5-3-2-4-6-12)21(19,20)13-7-8-14(16)15(17)11-13/h2-8,11H,9-10H2,1H3. The van der Waals surface area contributed by atoms with E-state index in [0.29, 0.717) is 13.0 Å². The molecule has 6 heteroatoms. The summed E-state index contributed by atoms with van der Waals surface area (Å²) < 4.78 is 39.7. The van der Waals surface area contributed by atoms with Crippen molar-refractivity contribution in [2.45, 2.75) is 11.3 Å². The van der Waals surface area contributed by atoms with Gasteiger partial charge in [0, 0.05) is 13.6 Å². The second-order valence-corrected chi connectivity index (χ2v) is 7.54. The molecule has 0 saturated heterocycles. The Kier molecular flexibility index (Phi) is 5.13. The smallest absolute Gasteiger partial charge is 0.207 e. The zero-order valence-electron chi connectivity index (χ0n) is 11.5. The first kappa shape index (κ1) is 16.1. The Morgan fingerprint density at radius 3 is 2.43 bits per heavy atom. The van der Waals surface area contributed by atoms with E-state index >= 15 is 0 Å². The molecular weight excluding hydrogens is 357 g/mol. The summed E-state index contributed by atoms with van der Waals surface area (Å²) >= 11 is 3.01. The largest absolute Gasteiger partial charge is 0.242 e. The van der Waals surface area contributed by atoms with Crippen molar-refractivity contribution in [2.24, 2.45) is 0 Å². The quantitative estimate of drug-likeness (QED) is 0.806. The van der Waals surface area contributed by atoms with Gasteiger partial charge >= 0.3 is 0 Å². The van der Waals surface area contributed by atoms with Gasteiger partial charge in [0.2, 0.25) is 10.0 Å². The number of sulfonamides is 1. The van der Waals surface area contributed by atoms with E-state index < -0.39 is 15.8 Å². The van der Waals surface area contributed by atoms with Gasteiger partial charge in [-0.05, 0) is 46.1 Å². The minimum Gasteiger partial charge on any atom is -0.207 e. The number of nitrogens with zero attached hydrogens (tertiary/aromatic N) is 1. The molecule has 0 fully saturated rings. The molecule has 0 unspecified atom stereocenters. The molecule has 0 spiro atoms. The molecule has 0 aliphatic heterocycles. The Hall–Kier alpha value is -1.24. The molecule has 0 amide bonds. The summed E-state index contributed by atoms with van der Waals surface area (Å²) in [6.07, 6.45) is 0.607. The van der Waals surface area contributed by atoms with Crippen molar-refractivity contribution in [3.8, 4) is 0 Å². The third-order valence-electron chi connectivity index (χ3n) is 3.16. The van der Waals surface area contributed by atoms with Crippen molar-refractivity contribution in [1.29, 1.82) is 0 Å². The minimum atomic E-state index is -3.68. The second-order valence-electron chi connectivity index (χ2n) is 4.64. The average molecular weight is 372 g/mol. The molecule has 0 heterocycles. The lowest BCUT2D eigenvalue weighted by Gasteiger charge is -2.17. The first-order valence-corrected chi connectivity index (χ1v) is 8.60. The fourth-order valence-corrected chi connectivity index (χ4v) is 3.30. The second kappa shape index (κ2) is 6.68. The van der Waals surface area contributed by atoms with Crippen molar-refractivity contribution < 1.29 is 12.8 Å². The molecule has 3 nitrogen and oxygen atoms in total. The van der Waals surface area contributed by atoms with Gasteiger partial charge < -0.3 is 0 Å². The molecule has 0 bridgehead atoms. The summed E-state index contributed by atoms with van der Waals surface area (Å²) in [7, 11) is -2.18. The minimum absolute atomic E-state index is 0.0428. The van der Waals surface area contributed by atoms with Crippen LogP contribution < -0.4 is 0 Å². The van der Waals surface area contributed by atoms with Crippen LogP contribution in [0.5, 0.6) is 0 Å². The molecular formula is C15H15BrFNO2S. The van der Waals surface area contributed by atoms with Crippen LogP contribution >= 0.6 is 15.9 Å². The highest BCUT2D eigenvalue weighted by Gasteiger charge is 2.21. The number of rotatable bonds is 5. The van der Waals surface area contributed by atoms with Gasteiger partial charge in [-0.2, -0.15) is 0 Å². The predicted molar refractivity (Wildman–Crippen MR) is 84.1 cm³/mol. The Labute approximate surface area is 132 Å². The van der Waals surface area contributed by atoms with Crippen molar-refractivity contribution in [3.63, 3.8) is 0 Å². The van der Waals surface area contributed by atoms with E-state index in [2.05, 4.69) is 15.9 Å². The molecule has 2 aromatic carbocycles. The first-order chi connectivity index (χ1) is 9.91. The van der Waals surface area contributed by atoms with Gasteiger partial charge in [0.05, 0.1) is 9.37 Å². The third-order valence-corrected chi connectivity index (χ3v) is 5.65. The lowest BCUT2D eigenvalue weighted by molar-refractivity contribution is 0.471. The fraction of sp³-hybridized carbons (Fsp3) is 0.200. The summed E-state index contributed by atoms with van der Waals surface area (Å²) in [4.78, 5) is -0.0428. The molecule has 112 valence electrons. The van der Waals surface area contributed by atoms with E-state index in [4.69, 9.17) is 0 Å². The summed E-state index contributed by atoms with van der Waals surface area (Å²) in [6, 6.07) is 13.4. The Bertz CT molecular complexity index is 720. The van der Waals surface area contributed by atoms with Crippen LogP contribution in [0.1, 0.15) is 5.56 Å². The normalized spacial score (nSPS) is 11.8. The van der Waals surface area contributed by atoms with Crippen LogP contribution in [0.25, 0.3) is 0 Å². The van der Waals surface area contributed by atoms with Crippen LogP contribution in [0.15, 0.2) is 57.9 Å². The Balaban J connectivity index is 2.13. The van der Waals surface area contributed by atoms with Crippen LogP contribution in [-0.2, 0) is 16.4 Å². The summed E-state index contributed by atoms with van der Waals surface area (Å²) in [5.74, 6) is -0.590. The van der Waals surface area contributed by atoms with Crippen LogP contribution in [0.4, 0.5) is 4.39 Å². The van der Waals surface area contributed by atoms with Crippen molar-refractivity contribution in [3.05, 3.63) is 64.4 Å². The Morgan fingerprint density at radius 1 is 1.14 bits per heavy atom. The zero-order chi connectivity index (χ0) is 15.5.